The third-order valence-electron chi connectivity index (χ3n) is 5.08. The van der Waals surface area contributed by atoms with Gasteiger partial charge in [0.25, 0.3) is 5.91 Å². The number of carbonyl (C=O) groups excluding carboxylic acids is 3. The zero-order valence-electron chi connectivity index (χ0n) is 19.7. The molecule has 9 nitrogen and oxygen atoms in total. The SMILES string of the molecule is CN(C)c1ccc(NC(=O)[C@H](OC(=O)c2ccccc2Cl)[C@@H](OC(=O)c2ccccc2Cl)C(=O)O)cc1. The van der Waals surface area contributed by atoms with Crippen molar-refractivity contribution >= 4 is 58.4 Å². The molecule has 0 saturated heterocycles. The second-order valence-corrected chi connectivity index (χ2v) is 8.69. The number of anilines is 2. The van der Waals surface area contributed by atoms with Gasteiger partial charge in [-0.2, -0.15) is 0 Å². The Balaban J connectivity index is 1.93. The maximum atomic E-state index is 13.2. The molecule has 0 aromatic heterocycles. The molecule has 37 heavy (non-hydrogen) atoms. The van der Waals surface area contributed by atoms with Crippen LogP contribution in [0.2, 0.25) is 10.0 Å². The molecule has 3 aromatic rings. The Morgan fingerprint density at radius 2 is 1.22 bits per heavy atom. The van der Waals surface area contributed by atoms with Gasteiger partial charge in [0, 0.05) is 25.5 Å². The van der Waals surface area contributed by atoms with Crippen molar-refractivity contribution in [3.8, 4) is 0 Å². The van der Waals surface area contributed by atoms with Gasteiger partial charge in [-0.05, 0) is 48.5 Å². The van der Waals surface area contributed by atoms with Gasteiger partial charge in [-0.25, -0.2) is 14.4 Å². The first-order valence-corrected chi connectivity index (χ1v) is 11.6. The van der Waals surface area contributed by atoms with E-state index in [1.165, 1.54) is 36.4 Å². The van der Waals surface area contributed by atoms with Crippen molar-refractivity contribution in [2.45, 2.75) is 12.2 Å². The van der Waals surface area contributed by atoms with Crippen molar-refractivity contribution in [1.29, 1.82) is 0 Å². The Morgan fingerprint density at radius 1 is 0.757 bits per heavy atom. The molecule has 3 aromatic carbocycles. The number of aliphatic carboxylic acids is 1. The van der Waals surface area contributed by atoms with Crippen molar-refractivity contribution in [3.05, 3.63) is 94.0 Å². The zero-order valence-corrected chi connectivity index (χ0v) is 21.2. The summed E-state index contributed by atoms with van der Waals surface area (Å²) in [6.45, 7) is 0. The van der Waals surface area contributed by atoms with Gasteiger partial charge in [-0.15, -0.1) is 0 Å². The van der Waals surface area contributed by atoms with E-state index < -0.39 is 36.0 Å². The van der Waals surface area contributed by atoms with Gasteiger partial charge >= 0.3 is 17.9 Å². The van der Waals surface area contributed by atoms with Gasteiger partial charge in [0.1, 0.15) is 0 Å². The molecule has 0 aliphatic rings. The van der Waals surface area contributed by atoms with E-state index in [-0.39, 0.29) is 26.9 Å². The minimum atomic E-state index is -2.21. The predicted molar refractivity (Wildman–Crippen MR) is 138 cm³/mol. The highest BCUT2D eigenvalue weighted by Gasteiger charge is 2.41. The molecule has 0 aliphatic carbocycles. The van der Waals surface area contributed by atoms with Crippen LogP contribution in [0.15, 0.2) is 72.8 Å². The van der Waals surface area contributed by atoms with Gasteiger partial charge in [0.2, 0.25) is 12.2 Å². The Morgan fingerprint density at radius 3 is 1.65 bits per heavy atom. The monoisotopic (exact) mass is 544 g/mol. The van der Waals surface area contributed by atoms with E-state index in [2.05, 4.69) is 5.32 Å². The lowest BCUT2D eigenvalue weighted by atomic mass is 10.1. The Hall–Kier alpha value is -4.08. The van der Waals surface area contributed by atoms with Gasteiger partial charge < -0.3 is 24.8 Å². The largest absolute Gasteiger partial charge is 0.478 e. The standard InChI is InChI=1S/C26H22Cl2N2O7/c1-30(2)16-13-11-15(12-14-16)29-23(31)21(36-25(34)17-7-3-5-9-19(17)27)22(24(32)33)37-26(35)18-8-4-6-10-20(18)28/h3-14,21-22H,1-2H3,(H,29,31)(H,32,33)/t21-,22-/m1/s1. The predicted octanol–water partition coefficient (Wildman–Crippen LogP) is 4.53. The first-order chi connectivity index (χ1) is 17.6. The molecule has 3 rings (SSSR count). The number of nitrogens with one attached hydrogen (secondary N) is 1. The van der Waals surface area contributed by atoms with E-state index in [0.29, 0.717) is 0 Å². The Bertz CT molecular complexity index is 1310. The second-order valence-electron chi connectivity index (χ2n) is 7.88. The van der Waals surface area contributed by atoms with Crippen LogP contribution in [0.4, 0.5) is 11.4 Å². The Kier molecular flexibility index (Phi) is 9.10. The normalized spacial score (nSPS) is 12.1. The van der Waals surface area contributed by atoms with Crippen LogP contribution >= 0.6 is 23.2 Å². The number of esters is 2. The van der Waals surface area contributed by atoms with Crippen LogP contribution in [0, 0.1) is 0 Å². The molecule has 0 spiro atoms. The highest BCUT2D eigenvalue weighted by molar-refractivity contribution is 6.34. The minimum absolute atomic E-state index is 0.00619. The number of rotatable bonds is 9. The molecular formula is C26H22Cl2N2O7. The molecule has 0 aliphatic heterocycles. The number of nitrogens with zero attached hydrogens (tertiary/aromatic N) is 1. The van der Waals surface area contributed by atoms with Crippen LogP contribution in [-0.2, 0) is 19.1 Å². The molecule has 0 unspecified atom stereocenters. The lowest BCUT2D eigenvalue weighted by Gasteiger charge is -2.24. The molecule has 0 heterocycles. The van der Waals surface area contributed by atoms with E-state index in [1.807, 2.05) is 19.0 Å². The van der Waals surface area contributed by atoms with E-state index in [1.54, 1.807) is 36.4 Å². The van der Waals surface area contributed by atoms with Crippen molar-refractivity contribution in [1.82, 2.24) is 0 Å². The number of hydrogen-bond donors (Lipinski definition) is 2. The fourth-order valence-electron chi connectivity index (χ4n) is 3.16. The number of carbonyl (C=O) groups is 4. The summed E-state index contributed by atoms with van der Waals surface area (Å²) in [5.41, 5.74) is 0.887. The lowest BCUT2D eigenvalue weighted by Crippen LogP contribution is -2.48. The zero-order chi connectivity index (χ0) is 27.1. The summed E-state index contributed by atoms with van der Waals surface area (Å²) in [5, 5.41) is 12.4. The van der Waals surface area contributed by atoms with Crippen molar-refractivity contribution in [2.24, 2.45) is 0 Å². The summed E-state index contributed by atoms with van der Waals surface area (Å²) >= 11 is 12.1. The van der Waals surface area contributed by atoms with Crippen LogP contribution in [0.3, 0.4) is 0 Å². The summed E-state index contributed by atoms with van der Waals surface area (Å²) < 4.78 is 10.4. The summed E-state index contributed by atoms with van der Waals surface area (Å²) in [7, 11) is 3.67. The van der Waals surface area contributed by atoms with E-state index in [9.17, 15) is 24.3 Å². The molecule has 2 atom stereocenters. The minimum Gasteiger partial charge on any atom is -0.478 e. The average Bonchev–Trinajstić information content (AvgIpc) is 2.86. The fourth-order valence-corrected chi connectivity index (χ4v) is 3.59. The summed E-state index contributed by atoms with van der Waals surface area (Å²) in [6.07, 6.45) is -4.29. The molecule has 0 fully saturated rings. The van der Waals surface area contributed by atoms with E-state index in [4.69, 9.17) is 32.7 Å². The molecule has 2 N–H and O–H groups in total. The topological polar surface area (TPSA) is 122 Å². The van der Waals surface area contributed by atoms with Crippen molar-refractivity contribution < 1.29 is 33.8 Å². The number of amides is 1. The van der Waals surface area contributed by atoms with Crippen LogP contribution in [0.25, 0.3) is 0 Å². The number of benzene rings is 3. The lowest BCUT2D eigenvalue weighted by molar-refractivity contribution is -0.157. The number of carboxylic acid groups (broad SMARTS) is 1. The molecular weight excluding hydrogens is 523 g/mol. The maximum absolute atomic E-state index is 13.2. The molecule has 192 valence electrons. The first-order valence-electron chi connectivity index (χ1n) is 10.8. The van der Waals surface area contributed by atoms with E-state index >= 15 is 0 Å². The third kappa shape index (κ3) is 6.99. The molecule has 0 saturated carbocycles. The van der Waals surface area contributed by atoms with Gasteiger partial charge in [0.15, 0.2) is 0 Å². The quantitative estimate of drug-likeness (QED) is 0.376. The number of hydrogen-bond acceptors (Lipinski definition) is 7. The number of carboxylic acids is 1. The highest BCUT2D eigenvalue weighted by atomic mass is 35.5. The van der Waals surface area contributed by atoms with Gasteiger partial charge in [-0.3, -0.25) is 4.79 Å². The molecule has 0 radical (unpaired) electrons. The molecule has 11 heteroatoms. The fraction of sp³-hybridized carbons (Fsp3) is 0.154. The first kappa shape index (κ1) is 27.5. The van der Waals surface area contributed by atoms with Crippen LogP contribution < -0.4 is 10.2 Å². The highest BCUT2D eigenvalue weighted by Crippen LogP contribution is 2.22. The van der Waals surface area contributed by atoms with Crippen molar-refractivity contribution in [3.63, 3.8) is 0 Å². The summed E-state index contributed by atoms with van der Waals surface area (Å²) in [4.78, 5) is 52.7. The second kappa shape index (κ2) is 12.2. The van der Waals surface area contributed by atoms with Crippen LogP contribution in [-0.4, -0.2) is 55.2 Å². The molecule has 1 amide bonds. The van der Waals surface area contributed by atoms with Crippen LogP contribution in [0.1, 0.15) is 20.7 Å². The Labute approximate surface area is 222 Å². The number of ether oxygens (including phenoxy) is 2. The van der Waals surface area contributed by atoms with Gasteiger partial charge in [-0.1, -0.05) is 47.5 Å². The maximum Gasteiger partial charge on any atom is 0.349 e. The number of halogens is 2. The van der Waals surface area contributed by atoms with Crippen molar-refractivity contribution in [2.75, 3.05) is 24.3 Å². The summed E-state index contributed by atoms with van der Waals surface area (Å²) in [6, 6.07) is 18.2. The van der Waals surface area contributed by atoms with Gasteiger partial charge in [0.05, 0.1) is 21.2 Å². The van der Waals surface area contributed by atoms with Crippen LogP contribution in [0.5, 0.6) is 0 Å². The smallest absolute Gasteiger partial charge is 0.349 e. The molecule has 0 bridgehead atoms. The van der Waals surface area contributed by atoms with E-state index in [0.717, 1.165) is 5.69 Å². The average molecular weight is 545 g/mol. The summed E-state index contributed by atoms with van der Waals surface area (Å²) in [5.74, 6) is -4.98. The third-order valence-corrected chi connectivity index (χ3v) is 5.74.